The summed E-state index contributed by atoms with van der Waals surface area (Å²) >= 11 is 1.79. The van der Waals surface area contributed by atoms with E-state index in [1.165, 1.54) is 60.3 Å². The Kier molecular flexibility index (Phi) is 5.84. The maximum atomic E-state index is 10.6. The van der Waals surface area contributed by atoms with Gasteiger partial charge in [0.2, 0.25) is 0 Å². The molecule has 4 heterocycles. The molecule has 5 nitrogen and oxygen atoms in total. The molecule has 1 aliphatic carbocycles. The van der Waals surface area contributed by atoms with Gasteiger partial charge in [0, 0.05) is 22.7 Å². The number of pyridine rings is 1. The third-order valence-electron chi connectivity index (χ3n) is 5.76. The lowest BCUT2D eigenvalue weighted by Crippen LogP contribution is -2.39. The number of carboxylic acid groups (broad SMARTS) is 1. The Hall–Kier alpha value is -2.39. The highest BCUT2D eigenvalue weighted by molar-refractivity contribution is 7.13. The lowest BCUT2D eigenvalue weighted by Gasteiger charge is -2.38. The van der Waals surface area contributed by atoms with Gasteiger partial charge < -0.3 is 9.51 Å². The van der Waals surface area contributed by atoms with Crippen LogP contribution in [0.4, 0.5) is 13.2 Å². The molecule has 5 rings (SSSR count). The third-order valence-corrected chi connectivity index (χ3v) is 6.68. The number of carboxylic acids is 1. The minimum absolute atomic E-state index is 0.526. The molecule has 2 fully saturated rings. The summed E-state index contributed by atoms with van der Waals surface area (Å²) in [5.41, 5.74) is 3.84. The summed E-state index contributed by atoms with van der Waals surface area (Å²) in [5, 5.41) is 9.26. The first-order valence-electron chi connectivity index (χ1n) is 9.91. The molecular formula is C21H22F3N3O2S. The Morgan fingerprint density at radius 2 is 1.93 bits per heavy atom. The van der Waals surface area contributed by atoms with E-state index in [-0.39, 0.29) is 0 Å². The Morgan fingerprint density at radius 1 is 1.17 bits per heavy atom. The predicted octanol–water partition coefficient (Wildman–Crippen LogP) is 5.39. The van der Waals surface area contributed by atoms with E-state index in [4.69, 9.17) is 14.9 Å². The van der Waals surface area contributed by atoms with E-state index in [0.717, 1.165) is 6.04 Å². The van der Waals surface area contributed by atoms with Crippen LogP contribution < -0.4 is 0 Å². The fourth-order valence-electron chi connectivity index (χ4n) is 4.10. The monoisotopic (exact) mass is 437 g/mol. The molecule has 0 spiro atoms. The van der Waals surface area contributed by atoms with Crippen LogP contribution in [0.25, 0.3) is 16.0 Å². The number of rotatable bonds is 3. The van der Waals surface area contributed by atoms with Gasteiger partial charge in [-0.15, -0.1) is 11.3 Å². The quantitative estimate of drug-likeness (QED) is 0.597. The number of hydrogen-bond acceptors (Lipinski definition) is 4. The fourth-order valence-corrected chi connectivity index (χ4v) is 4.82. The molecular weight excluding hydrogens is 415 g/mol. The highest BCUT2D eigenvalue weighted by Gasteiger charge is 2.38. The summed E-state index contributed by atoms with van der Waals surface area (Å²) < 4.78 is 33.9. The van der Waals surface area contributed by atoms with Crippen LogP contribution in [-0.2, 0) is 4.79 Å². The van der Waals surface area contributed by atoms with Crippen molar-refractivity contribution in [3.8, 4) is 10.4 Å². The van der Waals surface area contributed by atoms with Crippen molar-refractivity contribution in [2.45, 2.75) is 50.4 Å². The van der Waals surface area contributed by atoms with Crippen LogP contribution in [0.2, 0.25) is 0 Å². The van der Waals surface area contributed by atoms with Gasteiger partial charge in [0.15, 0.2) is 0 Å². The van der Waals surface area contributed by atoms with Crippen molar-refractivity contribution in [1.29, 1.82) is 0 Å². The Balaban J connectivity index is 0.000000272. The largest absolute Gasteiger partial charge is 0.490 e. The van der Waals surface area contributed by atoms with Gasteiger partial charge in [-0.2, -0.15) is 13.2 Å². The molecule has 9 heteroatoms. The van der Waals surface area contributed by atoms with Crippen LogP contribution in [0.5, 0.6) is 0 Å². The van der Waals surface area contributed by atoms with Gasteiger partial charge in [-0.25, -0.2) is 9.78 Å². The summed E-state index contributed by atoms with van der Waals surface area (Å²) in [6, 6.07) is 10.1. The number of fused-ring (bicyclic) bond motifs is 1. The van der Waals surface area contributed by atoms with Crippen molar-refractivity contribution < 1.29 is 23.1 Å². The van der Waals surface area contributed by atoms with E-state index in [0.29, 0.717) is 6.04 Å². The Morgan fingerprint density at radius 3 is 2.53 bits per heavy atom. The molecule has 1 N–H and O–H groups in total. The van der Waals surface area contributed by atoms with Gasteiger partial charge >= 0.3 is 12.1 Å². The Labute approximate surface area is 175 Å². The number of aliphatic carboxylic acids is 1. The predicted molar refractivity (Wildman–Crippen MR) is 109 cm³/mol. The first kappa shape index (κ1) is 20.9. The number of hydrogen-bond donors (Lipinski definition) is 1. The lowest BCUT2D eigenvalue weighted by atomic mass is 9.90. The van der Waals surface area contributed by atoms with Crippen LogP contribution in [0, 0.1) is 0 Å². The molecule has 160 valence electrons. The molecule has 0 radical (unpaired) electrons. The van der Waals surface area contributed by atoms with Crippen molar-refractivity contribution in [3.63, 3.8) is 0 Å². The average Bonchev–Trinajstić information content (AvgIpc) is 3.40. The van der Waals surface area contributed by atoms with Gasteiger partial charge in [-0.05, 0) is 55.8 Å². The number of nitrogens with zero attached hydrogens (tertiary/aromatic N) is 3. The van der Waals surface area contributed by atoms with E-state index >= 15 is 0 Å². The van der Waals surface area contributed by atoms with Gasteiger partial charge in [-0.1, -0.05) is 12.5 Å². The van der Waals surface area contributed by atoms with Crippen molar-refractivity contribution >= 4 is 22.8 Å². The number of alkyl halides is 3. The first-order chi connectivity index (χ1) is 14.3. The average molecular weight is 437 g/mol. The molecule has 0 aromatic carbocycles. The summed E-state index contributed by atoms with van der Waals surface area (Å²) in [4.78, 5) is 17.8. The number of halogens is 3. The highest BCUT2D eigenvalue weighted by Crippen LogP contribution is 2.40. The topological polar surface area (TPSA) is 57.8 Å². The third kappa shape index (κ3) is 4.22. The number of aromatic nitrogens is 2. The van der Waals surface area contributed by atoms with Crippen LogP contribution in [0.1, 0.15) is 43.8 Å². The minimum atomic E-state index is -5.08. The fraction of sp³-hybridized carbons (Fsp3) is 0.429. The maximum Gasteiger partial charge on any atom is 0.490 e. The minimum Gasteiger partial charge on any atom is -0.475 e. The SMILES string of the molecule is O=C(O)C(F)(F)F.c1csc(-c2ccc3c(C4CCCN4C4CCC4)ncn3c2)c1. The maximum absolute atomic E-state index is 10.6. The molecule has 30 heavy (non-hydrogen) atoms. The van der Waals surface area contributed by atoms with Gasteiger partial charge in [-0.3, -0.25) is 4.90 Å². The van der Waals surface area contributed by atoms with E-state index in [1.54, 1.807) is 11.3 Å². The van der Waals surface area contributed by atoms with E-state index in [2.05, 4.69) is 45.1 Å². The molecule has 3 aromatic heterocycles. The molecule has 1 unspecified atom stereocenters. The summed E-state index contributed by atoms with van der Waals surface area (Å²) in [6.45, 7) is 1.25. The van der Waals surface area contributed by atoms with Crippen LogP contribution in [0.3, 0.4) is 0 Å². The van der Waals surface area contributed by atoms with Crippen molar-refractivity contribution in [2.24, 2.45) is 0 Å². The van der Waals surface area contributed by atoms with Crippen LogP contribution in [-0.4, -0.2) is 44.1 Å². The Bertz CT molecular complexity index is 1010. The summed E-state index contributed by atoms with van der Waals surface area (Å²) in [6.07, 6.45) is 5.88. The molecule has 0 bridgehead atoms. The number of likely N-dealkylation sites (tertiary alicyclic amines) is 1. The van der Waals surface area contributed by atoms with Crippen molar-refractivity contribution in [3.05, 3.63) is 47.9 Å². The van der Waals surface area contributed by atoms with Crippen molar-refractivity contribution in [2.75, 3.05) is 6.54 Å². The molecule has 1 saturated heterocycles. The molecule has 1 saturated carbocycles. The molecule has 3 aromatic rings. The molecule has 0 amide bonds. The van der Waals surface area contributed by atoms with Crippen molar-refractivity contribution in [1.82, 2.24) is 14.3 Å². The number of thiophene rings is 1. The molecule has 1 aliphatic heterocycles. The van der Waals surface area contributed by atoms with Crippen LogP contribution >= 0.6 is 11.3 Å². The normalized spacial score (nSPS) is 20.0. The summed E-state index contributed by atoms with van der Waals surface area (Å²) in [5.74, 6) is -2.76. The zero-order valence-electron chi connectivity index (χ0n) is 16.2. The number of carbonyl (C=O) groups is 1. The molecule has 1 atom stereocenters. The van der Waals surface area contributed by atoms with Gasteiger partial charge in [0.1, 0.15) is 0 Å². The second-order valence-corrected chi connectivity index (χ2v) is 8.55. The zero-order valence-corrected chi connectivity index (χ0v) is 17.0. The van der Waals surface area contributed by atoms with Gasteiger partial charge in [0.05, 0.1) is 23.6 Å². The zero-order chi connectivity index (χ0) is 21.3. The van der Waals surface area contributed by atoms with Gasteiger partial charge in [0.25, 0.3) is 0 Å². The second kappa shape index (κ2) is 8.39. The first-order valence-corrected chi connectivity index (χ1v) is 10.8. The lowest BCUT2D eigenvalue weighted by molar-refractivity contribution is -0.192. The highest BCUT2D eigenvalue weighted by atomic mass is 32.1. The van der Waals surface area contributed by atoms with E-state index < -0.39 is 12.1 Å². The van der Waals surface area contributed by atoms with Crippen LogP contribution in [0.15, 0.2) is 42.2 Å². The second-order valence-electron chi connectivity index (χ2n) is 7.60. The number of imidazole rings is 1. The van der Waals surface area contributed by atoms with E-state index in [1.807, 2.05) is 6.33 Å². The smallest absolute Gasteiger partial charge is 0.475 e. The molecule has 2 aliphatic rings. The summed E-state index contributed by atoms with van der Waals surface area (Å²) in [7, 11) is 0. The van der Waals surface area contributed by atoms with E-state index in [9.17, 15) is 13.2 Å². The standard InChI is InChI=1S/C19H21N3S.C2HF3O2/c1-4-15(5-1)22-10-2-6-17(22)19-16-9-8-14(12-21(16)13-20-19)18-7-3-11-23-18;3-2(4,5)1(6)7/h3,7-9,11-13,15,17H,1-2,4-6,10H2;(H,6,7).